The van der Waals surface area contributed by atoms with E-state index in [4.69, 9.17) is 15.0 Å². The van der Waals surface area contributed by atoms with Crippen molar-refractivity contribution in [2.45, 2.75) is 43.9 Å². The average Bonchev–Trinajstić information content (AvgIpc) is 3.26. The van der Waals surface area contributed by atoms with E-state index in [1.807, 2.05) is 6.07 Å². The quantitative estimate of drug-likeness (QED) is 0.898. The molecule has 1 aliphatic carbocycles. The monoisotopic (exact) mass is 364 g/mol. The molecule has 1 unspecified atom stereocenters. The molecule has 1 saturated heterocycles. The summed E-state index contributed by atoms with van der Waals surface area (Å²) in [5, 5.41) is 4.14. The predicted molar refractivity (Wildman–Crippen MR) is 96.3 cm³/mol. The minimum atomic E-state index is -0.417. The minimum Gasteiger partial charge on any atom is -0.366 e. The molecular weight excluding hydrogens is 340 g/mol. The van der Waals surface area contributed by atoms with E-state index in [-0.39, 0.29) is 18.5 Å². The molecule has 0 radical (unpaired) electrons. The predicted octanol–water partition coefficient (Wildman–Crippen LogP) is 2.79. The second-order valence-electron chi connectivity index (χ2n) is 6.90. The molecule has 2 aliphatic rings. The van der Waals surface area contributed by atoms with Gasteiger partial charge in [0.25, 0.3) is 5.89 Å². The third-order valence-electron chi connectivity index (χ3n) is 5.06. The van der Waals surface area contributed by atoms with E-state index in [1.54, 1.807) is 0 Å². The summed E-state index contributed by atoms with van der Waals surface area (Å²) in [6, 6.07) is 10.5. The summed E-state index contributed by atoms with van der Waals surface area (Å²) >= 11 is 0. The maximum atomic E-state index is 6.42. The van der Waals surface area contributed by atoms with Crippen molar-refractivity contribution >= 4 is 12.4 Å². The van der Waals surface area contributed by atoms with Crippen LogP contribution in [-0.2, 0) is 16.8 Å². The molecule has 1 aromatic carbocycles. The summed E-state index contributed by atoms with van der Waals surface area (Å²) < 4.78 is 11.3. The fourth-order valence-electron chi connectivity index (χ4n) is 3.63. The third-order valence-corrected chi connectivity index (χ3v) is 5.06. The maximum absolute atomic E-state index is 6.42. The van der Waals surface area contributed by atoms with Gasteiger partial charge in [-0.15, -0.1) is 12.4 Å². The van der Waals surface area contributed by atoms with Gasteiger partial charge in [0.05, 0.1) is 12.1 Å². The van der Waals surface area contributed by atoms with Gasteiger partial charge in [-0.1, -0.05) is 48.3 Å². The van der Waals surface area contributed by atoms with Crippen LogP contribution in [0.15, 0.2) is 34.9 Å². The molecule has 136 valence electrons. The van der Waals surface area contributed by atoms with E-state index in [9.17, 15) is 0 Å². The van der Waals surface area contributed by atoms with Gasteiger partial charge in [-0.3, -0.25) is 4.90 Å². The number of nitrogens with two attached hydrogens (primary N) is 1. The van der Waals surface area contributed by atoms with Crippen molar-refractivity contribution in [3.8, 4) is 0 Å². The third kappa shape index (κ3) is 4.03. The Balaban J connectivity index is 0.00000182. The first kappa shape index (κ1) is 18.3. The summed E-state index contributed by atoms with van der Waals surface area (Å²) in [6.07, 6.45) is 3.94. The molecule has 6 nitrogen and oxygen atoms in total. The number of hydrogen-bond acceptors (Lipinski definition) is 6. The second-order valence-corrected chi connectivity index (χ2v) is 6.90. The SMILES string of the molecule is Cl.NC1(c2noc(C3CN(Cc4ccccc4)CCO3)n2)CCCC1. The highest BCUT2D eigenvalue weighted by atomic mass is 35.5. The highest BCUT2D eigenvalue weighted by molar-refractivity contribution is 5.85. The fourth-order valence-corrected chi connectivity index (χ4v) is 3.63. The molecule has 2 N–H and O–H groups in total. The molecule has 0 spiro atoms. The Kier molecular flexibility index (Phi) is 5.74. The van der Waals surface area contributed by atoms with Crippen LogP contribution >= 0.6 is 12.4 Å². The van der Waals surface area contributed by atoms with Crippen LogP contribution in [0.4, 0.5) is 0 Å². The number of ether oxygens (including phenoxy) is 1. The lowest BCUT2D eigenvalue weighted by molar-refractivity contribution is -0.0475. The molecule has 4 rings (SSSR count). The molecule has 2 fully saturated rings. The number of benzene rings is 1. The number of halogens is 1. The summed E-state index contributed by atoms with van der Waals surface area (Å²) in [4.78, 5) is 6.94. The van der Waals surface area contributed by atoms with E-state index < -0.39 is 5.54 Å². The van der Waals surface area contributed by atoms with Crippen molar-refractivity contribution in [3.63, 3.8) is 0 Å². The Bertz CT molecular complexity index is 673. The van der Waals surface area contributed by atoms with Crippen LogP contribution in [-0.4, -0.2) is 34.7 Å². The van der Waals surface area contributed by atoms with E-state index in [1.165, 1.54) is 5.56 Å². The van der Waals surface area contributed by atoms with Crippen molar-refractivity contribution in [1.82, 2.24) is 15.0 Å². The summed E-state index contributed by atoms with van der Waals surface area (Å²) in [5.41, 5.74) is 7.30. The van der Waals surface area contributed by atoms with Crippen LogP contribution in [0.25, 0.3) is 0 Å². The molecule has 2 heterocycles. The zero-order chi connectivity index (χ0) is 16.4. The smallest absolute Gasteiger partial charge is 0.257 e. The zero-order valence-electron chi connectivity index (χ0n) is 14.3. The number of hydrogen-bond donors (Lipinski definition) is 1. The van der Waals surface area contributed by atoms with Crippen molar-refractivity contribution in [2.24, 2.45) is 5.73 Å². The molecular formula is C18H25ClN4O2. The Morgan fingerprint density at radius 1 is 1.20 bits per heavy atom. The van der Waals surface area contributed by atoms with Gasteiger partial charge in [-0.05, 0) is 18.4 Å². The topological polar surface area (TPSA) is 77.4 Å². The van der Waals surface area contributed by atoms with Crippen LogP contribution in [0.1, 0.15) is 49.1 Å². The fraction of sp³-hybridized carbons (Fsp3) is 0.556. The zero-order valence-corrected chi connectivity index (χ0v) is 15.1. The normalized spacial score (nSPS) is 23.3. The first-order chi connectivity index (χ1) is 11.7. The lowest BCUT2D eigenvalue weighted by atomic mass is 9.99. The van der Waals surface area contributed by atoms with E-state index >= 15 is 0 Å². The van der Waals surface area contributed by atoms with Crippen molar-refractivity contribution < 1.29 is 9.26 Å². The molecule has 1 saturated carbocycles. The van der Waals surface area contributed by atoms with Crippen LogP contribution in [0, 0.1) is 0 Å². The van der Waals surface area contributed by atoms with Crippen molar-refractivity contribution in [3.05, 3.63) is 47.6 Å². The van der Waals surface area contributed by atoms with Gasteiger partial charge in [0.2, 0.25) is 0 Å². The van der Waals surface area contributed by atoms with Crippen LogP contribution in [0.2, 0.25) is 0 Å². The maximum Gasteiger partial charge on any atom is 0.257 e. The van der Waals surface area contributed by atoms with Crippen LogP contribution in [0.5, 0.6) is 0 Å². The first-order valence-corrected chi connectivity index (χ1v) is 8.74. The largest absolute Gasteiger partial charge is 0.366 e. The Morgan fingerprint density at radius 3 is 2.72 bits per heavy atom. The van der Waals surface area contributed by atoms with Crippen molar-refractivity contribution in [2.75, 3.05) is 19.7 Å². The number of nitrogens with zero attached hydrogens (tertiary/aromatic N) is 3. The Hall–Kier alpha value is -1.47. The minimum absolute atomic E-state index is 0. The first-order valence-electron chi connectivity index (χ1n) is 8.74. The van der Waals surface area contributed by atoms with Crippen LogP contribution < -0.4 is 5.73 Å². The molecule has 0 bridgehead atoms. The molecule has 1 aliphatic heterocycles. The van der Waals surface area contributed by atoms with E-state index in [0.717, 1.165) is 45.3 Å². The van der Waals surface area contributed by atoms with Gasteiger partial charge in [-0.25, -0.2) is 0 Å². The lowest BCUT2D eigenvalue weighted by Gasteiger charge is -2.31. The summed E-state index contributed by atoms with van der Waals surface area (Å²) in [5.74, 6) is 1.19. The van der Waals surface area contributed by atoms with Gasteiger partial charge in [-0.2, -0.15) is 4.98 Å². The standard InChI is InChI=1S/C18H24N4O2.ClH/c19-18(8-4-5-9-18)17-20-16(24-21-17)15-13-22(10-11-23-15)12-14-6-2-1-3-7-14;/h1-3,6-7,15H,4-5,8-13,19H2;1H. The van der Waals surface area contributed by atoms with E-state index in [2.05, 4.69) is 39.3 Å². The van der Waals surface area contributed by atoms with Gasteiger partial charge in [0.15, 0.2) is 5.82 Å². The van der Waals surface area contributed by atoms with Crippen molar-refractivity contribution in [1.29, 1.82) is 0 Å². The highest BCUT2D eigenvalue weighted by Crippen LogP contribution is 2.35. The summed E-state index contributed by atoms with van der Waals surface area (Å²) in [6.45, 7) is 3.24. The molecule has 7 heteroatoms. The van der Waals surface area contributed by atoms with Gasteiger partial charge in [0, 0.05) is 19.6 Å². The number of rotatable bonds is 4. The highest BCUT2D eigenvalue weighted by Gasteiger charge is 2.37. The van der Waals surface area contributed by atoms with Gasteiger partial charge < -0.3 is 15.0 Å². The van der Waals surface area contributed by atoms with Crippen LogP contribution in [0.3, 0.4) is 0 Å². The molecule has 1 aromatic heterocycles. The molecule has 0 amide bonds. The molecule has 2 aromatic rings. The lowest BCUT2D eigenvalue weighted by Crippen LogP contribution is -2.38. The van der Waals surface area contributed by atoms with Gasteiger partial charge >= 0.3 is 0 Å². The molecule has 1 atom stereocenters. The number of morpholine rings is 1. The average molecular weight is 365 g/mol. The molecule has 25 heavy (non-hydrogen) atoms. The Labute approximate surface area is 154 Å². The number of aromatic nitrogens is 2. The van der Waals surface area contributed by atoms with Gasteiger partial charge in [0.1, 0.15) is 6.10 Å². The second kappa shape index (κ2) is 7.83. The Morgan fingerprint density at radius 2 is 1.96 bits per heavy atom. The van der Waals surface area contributed by atoms with E-state index in [0.29, 0.717) is 18.3 Å². The summed E-state index contributed by atoms with van der Waals surface area (Å²) in [7, 11) is 0.